The summed E-state index contributed by atoms with van der Waals surface area (Å²) in [6.07, 6.45) is 0.571. The number of cyclic esters (lactones) is 1. The summed E-state index contributed by atoms with van der Waals surface area (Å²) in [6, 6.07) is 6.18. The van der Waals surface area contributed by atoms with E-state index in [1.807, 2.05) is 0 Å². The molecule has 0 saturated heterocycles. The molecule has 2 rings (SSSR count). The van der Waals surface area contributed by atoms with Crippen molar-refractivity contribution in [3.63, 3.8) is 0 Å². The lowest BCUT2D eigenvalue weighted by Gasteiger charge is -2.21. The molecule has 1 aromatic rings. The molecule has 7 heteroatoms. The summed E-state index contributed by atoms with van der Waals surface area (Å²) < 4.78 is 33.9. The van der Waals surface area contributed by atoms with Crippen LogP contribution in [0.2, 0.25) is 0 Å². The summed E-state index contributed by atoms with van der Waals surface area (Å²) in [5.74, 6) is -0.554. The summed E-state index contributed by atoms with van der Waals surface area (Å²) in [5, 5.41) is 9.13. The van der Waals surface area contributed by atoms with Gasteiger partial charge in [0.2, 0.25) is 5.76 Å². The first kappa shape index (κ1) is 17.5. The monoisotopic (exact) mass is 340 g/mol. The minimum absolute atomic E-state index is 0.0451. The van der Waals surface area contributed by atoms with Gasteiger partial charge in [0, 0.05) is 6.26 Å². The second-order valence-corrected chi connectivity index (χ2v) is 8.03. The molecule has 1 unspecified atom stereocenters. The Bertz CT molecular complexity index is 743. The SMILES string of the molecule is CC(CO)OC1=C(c2ccc(S(C)(=O)=O)cc2)C(C)(C)OC1=O. The number of sulfone groups is 1. The van der Waals surface area contributed by atoms with Crippen molar-refractivity contribution in [3.8, 4) is 0 Å². The van der Waals surface area contributed by atoms with Crippen LogP contribution in [0, 0.1) is 0 Å². The van der Waals surface area contributed by atoms with Gasteiger partial charge < -0.3 is 14.6 Å². The number of benzene rings is 1. The maximum atomic E-state index is 12.1. The molecule has 0 aromatic heterocycles. The number of hydrogen-bond acceptors (Lipinski definition) is 6. The molecule has 0 spiro atoms. The highest BCUT2D eigenvalue weighted by Crippen LogP contribution is 2.40. The third-order valence-corrected chi connectivity index (χ3v) is 4.64. The van der Waals surface area contributed by atoms with E-state index in [-0.39, 0.29) is 17.3 Å². The fraction of sp³-hybridized carbons (Fsp3) is 0.438. The average molecular weight is 340 g/mol. The van der Waals surface area contributed by atoms with Crippen molar-refractivity contribution in [2.75, 3.05) is 12.9 Å². The summed E-state index contributed by atoms with van der Waals surface area (Å²) >= 11 is 0. The Kier molecular flexibility index (Phi) is 4.54. The van der Waals surface area contributed by atoms with Gasteiger partial charge in [0.1, 0.15) is 11.7 Å². The van der Waals surface area contributed by atoms with Crippen molar-refractivity contribution < 1.29 is 27.8 Å². The molecule has 0 bridgehead atoms. The van der Waals surface area contributed by atoms with Gasteiger partial charge in [-0.3, -0.25) is 0 Å². The lowest BCUT2D eigenvalue weighted by atomic mass is 9.92. The Morgan fingerprint density at radius 1 is 1.26 bits per heavy atom. The number of aliphatic hydroxyl groups excluding tert-OH is 1. The molecular formula is C16H20O6S. The number of ether oxygens (including phenoxy) is 2. The lowest BCUT2D eigenvalue weighted by Crippen LogP contribution is -2.22. The maximum absolute atomic E-state index is 12.1. The quantitative estimate of drug-likeness (QED) is 0.818. The molecule has 1 heterocycles. The number of carbonyl (C=O) groups excluding carboxylic acids is 1. The molecule has 0 radical (unpaired) electrons. The van der Waals surface area contributed by atoms with E-state index in [0.717, 1.165) is 6.26 Å². The van der Waals surface area contributed by atoms with Gasteiger partial charge >= 0.3 is 5.97 Å². The van der Waals surface area contributed by atoms with Crippen LogP contribution in [-0.2, 0) is 24.1 Å². The van der Waals surface area contributed by atoms with Gasteiger partial charge in [-0.25, -0.2) is 13.2 Å². The van der Waals surface area contributed by atoms with Gasteiger partial charge in [0.15, 0.2) is 9.84 Å². The second kappa shape index (κ2) is 5.98. The van der Waals surface area contributed by atoms with E-state index >= 15 is 0 Å². The number of esters is 1. The van der Waals surface area contributed by atoms with E-state index in [4.69, 9.17) is 14.6 Å². The fourth-order valence-electron chi connectivity index (χ4n) is 2.40. The van der Waals surface area contributed by atoms with Gasteiger partial charge in [-0.05, 0) is 38.5 Å². The third kappa shape index (κ3) is 3.56. The van der Waals surface area contributed by atoms with E-state index in [1.54, 1.807) is 32.9 Å². The minimum atomic E-state index is -3.30. The average Bonchev–Trinajstić information content (AvgIpc) is 2.67. The zero-order valence-electron chi connectivity index (χ0n) is 13.5. The van der Waals surface area contributed by atoms with E-state index in [0.29, 0.717) is 11.1 Å². The van der Waals surface area contributed by atoms with E-state index in [1.165, 1.54) is 12.1 Å². The van der Waals surface area contributed by atoms with Crippen molar-refractivity contribution in [3.05, 3.63) is 35.6 Å². The molecular weight excluding hydrogens is 320 g/mol. The Morgan fingerprint density at radius 2 is 1.83 bits per heavy atom. The van der Waals surface area contributed by atoms with Gasteiger partial charge in [0.25, 0.3) is 0 Å². The summed E-state index contributed by atoms with van der Waals surface area (Å²) in [5.41, 5.74) is 0.255. The summed E-state index contributed by atoms with van der Waals surface area (Å²) in [4.78, 5) is 12.3. The zero-order chi connectivity index (χ0) is 17.4. The third-order valence-electron chi connectivity index (χ3n) is 3.51. The van der Waals surface area contributed by atoms with Gasteiger partial charge in [0.05, 0.1) is 17.1 Å². The summed E-state index contributed by atoms with van der Waals surface area (Å²) in [7, 11) is -3.30. The Labute approximate surface area is 135 Å². The molecule has 0 aliphatic carbocycles. The van der Waals surface area contributed by atoms with Gasteiger partial charge in [-0.15, -0.1) is 0 Å². The van der Waals surface area contributed by atoms with Crippen LogP contribution in [0.15, 0.2) is 34.9 Å². The van der Waals surface area contributed by atoms with E-state index in [2.05, 4.69) is 0 Å². The molecule has 126 valence electrons. The predicted octanol–water partition coefficient (Wildman–Crippen LogP) is 1.53. The van der Waals surface area contributed by atoms with E-state index in [9.17, 15) is 13.2 Å². The van der Waals surface area contributed by atoms with Crippen LogP contribution < -0.4 is 0 Å². The summed E-state index contributed by atoms with van der Waals surface area (Å²) in [6.45, 7) is 4.85. The standard InChI is InChI=1S/C16H20O6S/c1-10(9-17)21-14-13(16(2,3)22-15(14)18)11-5-7-12(8-6-11)23(4,19)20/h5-8,10,17H,9H2,1-4H3. The molecule has 23 heavy (non-hydrogen) atoms. The van der Waals surface area contributed by atoms with Crippen molar-refractivity contribution in [1.29, 1.82) is 0 Å². The Balaban J connectivity index is 2.52. The van der Waals surface area contributed by atoms with Gasteiger partial charge in [-0.1, -0.05) is 12.1 Å². The highest BCUT2D eigenvalue weighted by molar-refractivity contribution is 7.90. The Hall–Kier alpha value is -1.86. The van der Waals surface area contributed by atoms with Gasteiger partial charge in [-0.2, -0.15) is 0 Å². The van der Waals surface area contributed by atoms with Crippen LogP contribution in [0.25, 0.3) is 5.57 Å². The highest BCUT2D eigenvalue weighted by atomic mass is 32.2. The van der Waals surface area contributed by atoms with E-state index < -0.39 is 27.5 Å². The molecule has 0 saturated carbocycles. The van der Waals surface area contributed by atoms with Crippen LogP contribution in [0.4, 0.5) is 0 Å². The number of rotatable bonds is 5. The molecule has 1 aliphatic heterocycles. The molecule has 1 aliphatic rings. The largest absolute Gasteiger partial charge is 0.481 e. The molecule has 0 amide bonds. The number of aliphatic hydroxyl groups is 1. The van der Waals surface area contributed by atoms with Crippen molar-refractivity contribution >= 4 is 21.4 Å². The smallest absolute Gasteiger partial charge is 0.374 e. The molecule has 6 nitrogen and oxygen atoms in total. The first-order valence-corrected chi connectivity index (χ1v) is 9.01. The normalized spacial score (nSPS) is 18.7. The molecule has 1 N–H and O–H groups in total. The molecule has 1 atom stereocenters. The second-order valence-electron chi connectivity index (χ2n) is 6.01. The number of carbonyl (C=O) groups is 1. The minimum Gasteiger partial charge on any atom is -0.481 e. The van der Waals surface area contributed by atoms with Crippen LogP contribution >= 0.6 is 0 Å². The van der Waals surface area contributed by atoms with Crippen LogP contribution in [-0.4, -0.2) is 44.1 Å². The fourth-order valence-corrected chi connectivity index (χ4v) is 3.03. The lowest BCUT2D eigenvalue weighted by molar-refractivity contribution is -0.148. The van der Waals surface area contributed by atoms with Crippen molar-refractivity contribution in [2.24, 2.45) is 0 Å². The first-order valence-electron chi connectivity index (χ1n) is 7.12. The highest BCUT2D eigenvalue weighted by Gasteiger charge is 2.43. The maximum Gasteiger partial charge on any atom is 0.374 e. The number of hydrogen-bond donors (Lipinski definition) is 1. The van der Waals surface area contributed by atoms with Crippen LogP contribution in [0.5, 0.6) is 0 Å². The Morgan fingerprint density at radius 3 is 2.30 bits per heavy atom. The first-order chi connectivity index (χ1) is 10.6. The van der Waals surface area contributed by atoms with Crippen LogP contribution in [0.1, 0.15) is 26.3 Å². The van der Waals surface area contributed by atoms with Crippen LogP contribution in [0.3, 0.4) is 0 Å². The topological polar surface area (TPSA) is 89.9 Å². The molecule has 0 fully saturated rings. The van der Waals surface area contributed by atoms with Crippen molar-refractivity contribution in [1.82, 2.24) is 0 Å². The predicted molar refractivity (Wildman–Crippen MR) is 84.3 cm³/mol. The van der Waals surface area contributed by atoms with Crippen molar-refractivity contribution in [2.45, 2.75) is 37.4 Å². The molecule has 1 aromatic carbocycles. The zero-order valence-corrected chi connectivity index (χ0v) is 14.3.